The molecule has 26 heavy (non-hydrogen) atoms. The van der Waals surface area contributed by atoms with Gasteiger partial charge >= 0.3 is 5.97 Å². The molecule has 0 bridgehead atoms. The van der Waals surface area contributed by atoms with Gasteiger partial charge in [0.1, 0.15) is 6.04 Å². The van der Waals surface area contributed by atoms with Crippen LogP contribution in [0.1, 0.15) is 32.3 Å². The summed E-state index contributed by atoms with van der Waals surface area (Å²) in [5.41, 5.74) is 2.51. The lowest BCUT2D eigenvalue weighted by molar-refractivity contribution is -0.142. The van der Waals surface area contributed by atoms with E-state index in [0.717, 1.165) is 26.2 Å². The van der Waals surface area contributed by atoms with Crippen molar-refractivity contribution in [3.05, 3.63) is 29.8 Å². The molecule has 1 aromatic carbocycles. The van der Waals surface area contributed by atoms with Crippen molar-refractivity contribution in [3.8, 4) is 0 Å². The van der Waals surface area contributed by atoms with Crippen molar-refractivity contribution in [2.75, 3.05) is 37.6 Å². The van der Waals surface area contributed by atoms with Crippen LogP contribution in [0.2, 0.25) is 0 Å². The molecule has 1 aliphatic heterocycles. The van der Waals surface area contributed by atoms with E-state index < -0.39 is 12.0 Å². The van der Waals surface area contributed by atoms with Gasteiger partial charge in [-0.1, -0.05) is 26.0 Å². The summed E-state index contributed by atoms with van der Waals surface area (Å²) in [5, 5.41) is 11.9. The number of nitrogens with one attached hydrogen (secondary N) is 1. The number of amides is 1. The molecule has 2 rings (SSSR count). The van der Waals surface area contributed by atoms with Gasteiger partial charge in [0.05, 0.1) is 0 Å². The number of carboxylic acids is 1. The smallest absolute Gasteiger partial charge is 0.326 e. The van der Waals surface area contributed by atoms with Crippen molar-refractivity contribution in [2.45, 2.75) is 39.7 Å². The van der Waals surface area contributed by atoms with Crippen LogP contribution in [-0.4, -0.2) is 60.6 Å². The minimum Gasteiger partial charge on any atom is -0.480 e. The standard InChI is InChI=1S/C20H31N3O3/c1-15(2)13-18(20(25)26)21-19(24)7-8-22-9-11-23(12-10-22)17-6-4-5-16(3)14-17/h4-6,14-15,18H,7-13H2,1-3H3,(H,21,24)(H,25,26)/t18-/m1/s1. The third kappa shape index (κ3) is 6.33. The predicted molar refractivity (Wildman–Crippen MR) is 103 cm³/mol. The number of carbonyl (C=O) groups is 2. The molecule has 1 atom stereocenters. The third-order valence-corrected chi connectivity index (χ3v) is 4.73. The van der Waals surface area contributed by atoms with E-state index in [9.17, 15) is 14.7 Å². The lowest BCUT2D eigenvalue weighted by Gasteiger charge is -2.36. The molecule has 1 aromatic rings. The number of anilines is 1. The molecule has 0 aromatic heterocycles. The fourth-order valence-corrected chi connectivity index (χ4v) is 3.27. The van der Waals surface area contributed by atoms with Gasteiger partial charge in [-0.2, -0.15) is 0 Å². The predicted octanol–water partition coefficient (Wildman–Crippen LogP) is 2.12. The highest BCUT2D eigenvalue weighted by atomic mass is 16.4. The van der Waals surface area contributed by atoms with Crippen molar-refractivity contribution >= 4 is 17.6 Å². The number of aliphatic carboxylic acids is 1. The first-order valence-corrected chi connectivity index (χ1v) is 9.41. The Morgan fingerprint density at radius 1 is 1.19 bits per heavy atom. The van der Waals surface area contributed by atoms with Gasteiger partial charge in [0.25, 0.3) is 0 Å². The number of hydrogen-bond donors (Lipinski definition) is 2. The number of nitrogens with zero attached hydrogens (tertiary/aromatic N) is 2. The molecule has 0 saturated carbocycles. The first kappa shape index (κ1) is 20.2. The van der Waals surface area contributed by atoms with Crippen LogP contribution in [0.4, 0.5) is 5.69 Å². The number of carbonyl (C=O) groups excluding carboxylic acids is 1. The quantitative estimate of drug-likeness (QED) is 0.742. The van der Waals surface area contributed by atoms with Crippen LogP contribution in [-0.2, 0) is 9.59 Å². The molecule has 0 unspecified atom stereocenters. The molecule has 1 amide bonds. The molecule has 1 fully saturated rings. The number of piperazine rings is 1. The van der Waals surface area contributed by atoms with Gasteiger partial charge in [-0.3, -0.25) is 9.69 Å². The third-order valence-electron chi connectivity index (χ3n) is 4.73. The largest absolute Gasteiger partial charge is 0.480 e. The average Bonchev–Trinajstić information content (AvgIpc) is 2.59. The second-order valence-electron chi connectivity index (χ2n) is 7.51. The Bertz CT molecular complexity index is 610. The molecule has 1 heterocycles. The molecule has 144 valence electrons. The van der Waals surface area contributed by atoms with E-state index in [1.54, 1.807) is 0 Å². The van der Waals surface area contributed by atoms with Gasteiger partial charge in [-0.25, -0.2) is 4.79 Å². The van der Waals surface area contributed by atoms with Gasteiger partial charge in [0.15, 0.2) is 0 Å². The maximum absolute atomic E-state index is 12.1. The summed E-state index contributed by atoms with van der Waals surface area (Å²) in [6, 6.07) is 7.72. The van der Waals surface area contributed by atoms with Gasteiger partial charge in [0.2, 0.25) is 5.91 Å². The Hall–Kier alpha value is -2.08. The fraction of sp³-hybridized carbons (Fsp3) is 0.600. The van der Waals surface area contributed by atoms with E-state index in [0.29, 0.717) is 19.4 Å². The number of aryl methyl sites for hydroxylation is 1. The van der Waals surface area contributed by atoms with E-state index in [1.165, 1.54) is 11.3 Å². The molecule has 1 aliphatic rings. The van der Waals surface area contributed by atoms with Gasteiger partial charge < -0.3 is 15.3 Å². The van der Waals surface area contributed by atoms with Gasteiger partial charge in [-0.15, -0.1) is 0 Å². The minimum absolute atomic E-state index is 0.181. The fourth-order valence-electron chi connectivity index (χ4n) is 3.27. The van der Waals surface area contributed by atoms with E-state index in [1.807, 2.05) is 13.8 Å². The minimum atomic E-state index is -0.959. The molecule has 6 heteroatoms. The highest BCUT2D eigenvalue weighted by Gasteiger charge is 2.22. The summed E-state index contributed by atoms with van der Waals surface area (Å²) in [7, 11) is 0. The Labute approximate surface area is 156 Å². The van der Waals surface area contributed by atoms with E-state index in [2.05, 4.69) is 46.3 Å². The molecule has 1 saturated heterocycles. The summed E-state index contributed by atoms with van der Waals surface area (Å²) >= 11 is 0. The van der Waals surface area contributed by atoms with Crippen LogP contribution >= 0.6 is 0 Å². The van der Waals surface area contributed by atoms with Gasteiger partial charge in [-0.05, 0) is 37.0 Å². The molecule has 0 spiro atoms. The second-order valence-corrected chi connectivity index (χ2v) is 7.51. The SMILES string of the molecule is Cc1cccc(N2CCN(CCC(=O)N[C@H](CC(C)C)C(=O)O)CC2)c1. The maximum atomic E-state index is 12.1. The van der Waals surface area contributed by atoms with Crippen molar-refractivity contribution in [3.63, 3.8) is 0 Å². The molecule has 0 aliphatic carbocycles. The summed E-state index contributed by atoms with van der Waals surface area (Å²) in [4.78, 5) is 28.0. The zero-order valence-corrected chi connectivity index (χ0v) is 16.1. The summed E-state index contributed by atoms with van der Waals surface area (Å²) in [6.45, 7) is 10.4. The summed E-state index contributed by atoms with van der Waals surface area (Å²) in [5.74, 6) is -0.913. The number of benzene rings is 1. The van der Waals surface area contributed by atoms with Gasteiger partial charge in [0, 0.05) is 44.8 Å². The molecular weight excluding hydrogens is 330 g/mol. The molecule has 2 N–H and O–H groups in total. The first-order chi connectivity index (χ1) is 12.3. The first-order valence-electron chi connectivity index (χ1n) is 9.41. The van der Waals surface area contributed by atoms with Crippen LogP contribution in [0.5, 0.6) is 0 Å². The van der Waals surface area contributed by atoms with Crippen molar-refractivity contribution in [1.29, 1.82) is 0 Å². The van der Waals surface area contributed by atoms with Crippen molar-refractivity contribution in [2.24, 2.45) is 5.92 Å². The van der Waals surface area contributed by atoms with Crippen LogP contribution in [0.15, 0.2) is 24.3 Å². The normalized spacial score (nSPS) is 16.5. The molecule has 6 nitrogen and oxygen atoms in total. The lowest BCUT2D eigenvalue weighted by Crippen LogP contribution is -2.48. The van der Waals surface area contributed by atoms with E-state index in [-0.39, 0.29) is 11.8 Å². The highest BCUT2D eigenvalue weighted by molar-refractivity contribution is 5.83. The average molecular weight is 361 g/mol. The van der Waals surface area contributed by atoms with E-state index >= 15 is 0 Å². The van der Waals surface area contributed by atoms with Crippen LogP contribution in [0.25, 0.3) is 0 Å². The van der Waals surface area contributed by atoms with Crippen LogP contribution in [0, 0.1) is 12.8 Å². The molecule has 0 radical (unpaired) electrons. The molecular formula is C20H31N3O3. The Kier molecular flexibility index (Phi) is 7.45. The summed E-state index contributed by atoms with van der Waals surface area (Å²) in [6.07, 6.45) is 0.794. The Morgan fingerprint density at radius 3 is 2.46 bits per heavy atom. The van der Waals surface area contributed by atoms with E-state index in [4.69, 9.17) is 0 Å². The number of hydrogen-bond acceptors (Lipinski definition) is 4. The Morgan fingerprint density at radius 2 is 1.88 bits per heavy atom. The zero-order valence-electron chi connectivity index (χ0n) is 16.1. The number of carboxylic acid groups (broad SMARTS) is 1. The van der Waals surface area contributed by atoms with Crippen LogP contribution < -0.4 is 10.2 Å². The lowest BCUT2D eigenvalue weighted by atomic mass is 10.0. The topological polar surface area (TPSA) is 72.9 Å². The van der Waals surface area contributed by atoms with Crippen molar-refractivity contribution in [1.82, 2.24) is 10.2 Å². The monoisotopic (exact) mass is 361 g/mol. The van der Waals surface area contributed by atoms with Crippen LogP contribution in [0.3, 0.4) is 0 Å². The second kappa shape index (κ2) is 9.57. The van der Waals surface area contributed by atoms with Crippen molar-refractivity contribution < 1.29 is 14.7 Å². The Balaban J connectivity index is 1.74. The number of rotatable bonds is 8. The highest BCUT2D eigenvalue weighted by Crippen LogP contribution is 2.17. The zero-order chi connectivity index (χ0) is 19.1. The summed E-state index contributed by atoms with van der Waals surface area (Å²) < 4.78 is 0. The maximum Gasteiger partial charge on any atom is 0.326 e.